The zero-order valence-electron chi connectivity index (χ0n) is 19.4. The van der Waals surface area contributed by atoms with E-state index in [9.17, 15) is 22.8 Å². The molecule has 3 rings (SSSR count). The van der Waals surface area contributed by atoms with Crippen LogP contribution < -0.4 is 25.4 Å². The van der Waals surface area contributed by atoms with Crippen molar-refractivity contribution in [2.75, 3.05) is 18.7 Å². The molecule has 0 bridgehead atoms. The van der Waals surface area contributed by atoms with Crippen molar-refractivity contribution in [2.24, 2.45) is 0 Å². The molecule has 0 radical (unpaired) electrons. The van der Waals surface area contributed by atoms with Gasteiger partial charge >= 0.3 is 6.03 Å². The molecule has 0 atom stereocenters. The summed E-state index contributed by atoms with van der Waals surface area (Å²) >= 11 is 0. The van der Waals surface area contributed by atoms with Gasteiger partial charge in [-0.1, -0.05) is 24.3 Å². The third kappa shape index (κ3) is 8.06. The topological polar surface area (TPSA) is 168 Å². The van der Waals surface area contributed by atoms with Crippen molar-refractivity contribution in [3.8, 4) is 5.75 Å². The first kappa shape index (κ1) is 26.1. The van der Waals surface area contributed by atoms with E-state index < -0.39 is 27.9 Å². The van der Waals surface area contributed by atoms with Crippen LogP contribution in [0.25, 0.3) is 0 Å². The van der Waals surface area contributed by atoms with Gasteiger partial charge in [0.2, 0.25) is 10.0 Å². The van der Waals surface area contributed by atoms with E-state index in [1.807, 2.05) is 12.1 Å². The fraction of sp³-hybridized carbons (Fsp3) is 0.174. The average molecular weight is 513 g/mol. The number of carbonyl (C=O) groups is 3. The number of nitrogens with one attached hydrogen (secondary N) is 4. The van der Waals surface area contributed by atoms with Gasteiger partial charge in [0.25, 0.3) is 11.8 Å². The summed E-state index contributed by atoms with van der Waals surface area (Å²) in [7, 11) is -2.12. The first-order valence-corrected chi connectivity index (χ1v) is 12.4. The van der Waals surface area contributed by atoms with Crippen LogP contribution in [0.5, 0.6) is 5.75 Å². The van der Waals surface area contributed by atoms with Gasteiger partial charge < -0.3 is 20.7 Å². The van der Waals surface area contributed by atoms with Gasteiger partial charge in [-0.25, -0.2) is 27.9 Å². The summed E-state index contributed by atoms with van der Waals surface area (Å²) in [5.74, 6) is -0.294. The number of sulfonamides is 1. The Morgan fingerprint density at radius 1 is 0.861 bits per heavy atom. The number of methoxy groups -OCH3 is 1. The fourth-order valence-corrected chi connectivity index (χ4v) is 3.35. The Labute approximate surface area is 207 Å². The Morgan fingerprint density at radius 2 is 1.47 bits per heavy atom. The molecule has 13 heteroatoms. The number of hydrogen-bond donors (Lipinski definition) is 4. The molecule has 0 unspecified atom stereocenters. The van der Waals surface area contributed by atoms with Crippen LogP contribution in [-0.4, -0.2) is 49.6 Å². The number of urea groups is 1. The third-order valence-electron chi connectivity index (χ3n) is 4.66. The Bertz CT molecular complexity index is 1360. The number of hydrogen-bond acceptors (Lipinski definition) is 8. The van der Waals surface area contributed by atoms with Gasteiger partial charge in [-0.3, -0.25) is 9.59 Å². The minimum atomic E-state index is -3.67. The molecule has 0 fully saturated rings. The lowest BCUT2D eigenvalue weighted by molar-refractivity contribution is 0.0944. The molecule has 0 saturated carbocycles. The van der Waals surface area contributed by atoms with E-state index >= 15 is 0 Å². The predicted octanol–water partition coefficient (Wildman–Crippen LogP) is 1.43. The lowest BCUT2D eigenvalue weighted by Gasteiger charge is -2.09. The highest BCUT2D eigenvalue weighted by Gasteiger charge is 2.14. The number of ether oxygens (including phenoxy) is 1. The van der Waals surface area contributed by atoms with Gasteiger partial charge in [0.05, 0.1) is 13.4 Å². The van der Waals surface area contributed by atoms with Crippen molar-refractivity contribution in [3.63, 3.8) is 0 Å². The van der Waals surface area contributed by atoms with E-state index in [4.69, 9.17) is 4.74 Å². The van der Waals surface area contributed by atoms with Crippen molar-refractivity contribution in [3.05, 3.63) is 83.4 Å². The molecule has 12 nitrogen and oxygen atoms in total. The molecule has 4 N–H and O–H groups in total. The highest BCUT2D eigenvalue weighted by Crippen LogP contribution is 2.13. The largest absolute Gasteiger partial charge is 0.497 e. The van der Waals surface area contributed by atoms with Crippen molar-refractivity contribution in [1.29, 1.82) is 0 Å². The van der Waals surface area contributed by atoms with Gasteiger partial charge in [0.15, 0.2) is 0 Å². The van der Waals surface area contributed by atoms with Crippen LogP contribution in [0.2, 0.25) is 0 Å². The maximum absolute atomic E-state index is 12.5. The van der Waals surface area contributed by atoms with E-state index in [0.717, 1.165) is 18.1 Å². The number of nitrogens with zero attached hydrogens (tertiary/aromatic N) is 2. The molecule has 36 heavy (non-hydrogen) atoms. The third-order valence-corrected chi connectivity index (χ3v) is 5.22. The molecule has 1 heterocycles. The number of anilines is 1. The van der Waals surface area contributed by atoms with E-state index in [2.05, 4.69) is 25.9 Å². The second-order valence-corrected chi connectivity index (χ2v) is 9.28. The van der Waals surface area contributed by atoms with Crippen molar-refractivity contribution in [1.82, 2.24) is 25.3 Å². The molecule has 188 valence electrons. The van der Waals surface area contributed by atoms with E-state index in [1.54, 1.807) is 48.2 Å². The zero-order valence-corrected chi connectivity index (χ0v) is 20.3. The van der Waals surface area contributed by atoms with Crippen molar-refractivity contribution in [2.45, 2.75) is 13.1 Å². The number of aromatic nitrogens is 2. The molecule has 0 aliphatic carbocycles. The quantitative estimate of drug-likeness (QED) is 0.334. The van der Waals surface area contributed by atoms with Crippen LogP contribution in [-0.2, 0) is 23.1 Å². The molecule has 0 aliphatic rings. The van der Waals surface area contributed by atoms with Crippen LogP contribution >= 0.6 is 0 Å². The normalized spacial score (nSPS) is 10.7. The monoisotopic (exact) mass is 512 g/mol. The molecule has 2 aromatic carbocycles. The van der Waals surface area contributed by atoms with Gasteiger partial charge in [-0.15, -0.1) is 0 Å². The molecule has 4 amide bonds. The summed E-state index contributed by atoms with van der Waals surface area (Å²) in [6.45, 7) is 0.401. The van der Waals surface area contributed by atoms with E-state index in [0.29, 0.717) is 17.0 Å². The summed E-state index contributed by atoms with van der Waals surface area (Å²) in [4.78, 5) is 44.5. The van der Waals surface area contributed by atoms with Crippen LogP contribution in [0.1, 0.15) is 32.1 Å². The molecule has 3 aromatic rings. The highest BCUT2D eigenvalue weighted by molar-refractivity contribution is 7.89. The lowest BCUT2D eigenvalue weighted by Crippen LogP contribution is -2.33. The Morgan fingerprint density at radius 3 is 2.06 bits per heavy atom. The molecule has 1 aromatic heterocycles. The van der Waals surface area contributed by atoms with Crippen LogP contribution in [0.4, 0.5) is 10.5 Å². The summed E-state index contributed by atoms with van der Waals surface area (Å²) in [5, 5.41) is 7.81. The smallest absolute Gasteiger partial charge is 0.332 e. The minimum Gasteiger partial charge on any atom is -0.497 e. The van der Waals surface area contributed by atoms with Gasteiger partial charge in [-0.05, 0) is 35.4 Å². The molecule has 0 aliphatic heterocycles. The number of benzene rings is 2. The number of carbonyl (C=O) groups excluding carboxylic acids is 3. The first-order chi connectivity index (χ1) is 17.1. The SMILES string of the molecule is COc1cccc(CNC(=O)c2cc(C(=O)NCc3ccc(NC(=O)NS(C)(=O)=O)cc3)ncn2)c1. The Balaban J connectivity index is 1.53. The number of rotatable bonds is 9. The zero-order chi connectivity index (χ0) is 26.1. The summed E-state index contributed by atoms with van der Waals surface area (Å²) in [5.41, 5.74) is 1.98. The number of amides is 4. The second kappa shape index (κ2) is 11.8. The molecular formula is C23H24N6O6S. The van der Waals surface area contributed by atoms with Crippen molar-refractivity contribution < 1.29 is 27.5 Å². The Hall–Kier alpha value is -4.52. The average Bonchev–Trinajstić information content (AvgIpc) is 2.85. The maximum Gasteiger partial charge on any atom is 0.332 e. The molecule has 0 saturated heterocycles. The van der Waals surface area contributed by atoms with Crippen molar-refractivity contribution >= 4 is 33.6 Å². The van der Waals surface area contributed by atoms with Gasteiger partial charge in [0.1, 0.15) is 23.5 Å². The van der Waals surface area contributed by atoms with Gasteiger partial charge in [0, 0.05) is 24.8 Å². The first-order valence-electron chi connectivity index (χ1n) is 10.5. The molecule has 0 spiro atoms. The predicted molar refractivity (Wildman–Crippen MR) is 131 cm³/mol. The summed E-state index contributed by atoms with van der Waals surface area (Å²) in [6, 6.07) is 14.1. The van der Waals surface area contributed by atoms with E-state index in [1.165, 1.54) is 6.07 Å². The standard InChI is InChI=1S/C23H24N6O6S/c1-35-18-5-3-4-16(10-18)13-25-22(31)20-11-19(26-14-27-20)21(30)24-12-15-6-8-17(9-7-15)28-23(32)29-36(2,33)34/h3-11,14H,12-13H2,1-2H3,(H,24,30)(H,25,31)(H2,28,29,32). The summed E-state index contributed by atoms with van der Waals surface area (Å²) < 4.78 is 29.1. The van der Waals surface area contributed by atoms with Crippen LogP contribution in [0.3, 0.4) is 0 Å². The van der Waals surface area contributed by atoms with Crippen LogP contribution in [0, 0.1) is 0 Å². The van der Waals surface area contributed by atoms with E-state index in [-0.39, 0.29) is 24.5 Å². The summed E-state index contributed by atoms with van der Waals surface area (Å²) in [6.07, 6.45) is 2.01. The second-order valence-electron chi connectivity index (χ2n) is 7.53. The van der Waals surface area contributed by atoms with Crippen LogP contribution in [0.15, 0.2) is 60.9 Å². The lowest BCUT2D eigenvalue weighted by atomic mass is 10.2. The maximum atomic E-state index is 12.5. The Kier molecular flexibility index (Phi) is 8.52. The fourth-order valence-electron chi connectivity index (χ4n) is 2.96. The van der Waals surface area contributed by atoms with Gasteiger partial charge in [-0.2, -0.15) is 0 Å². The molecular weight excluding hydrogens is 488 g/mol. The highest BCUT2D eigenvalue weighted by atomic mass is 32.2. The minimum absolute atomic E-state index is 0.0206.